The Hall–Kier alpha value is -2.78. The van der Waals surface area contributed by atoms with Gasteiger partial charge in [-0.2, -0.15) is 0 Å². The molecule has 2 aromatic heterocycles. The first-order chi connectivity index (χ1) is 15.5. The van der Waals surface area contributed by atoms with E-state index in [1.165, 1.54) is 29.8 Å². The van der Waals surface area contributed by atoms with E-state index in [-0.39, 0.29) is 24.0 Å². The number of carbonyl (C=O) groups excluding carboxylic acids is 1. The van der Waals surface area contributed by atoms with Crippen molar-refractivity contribution in [3.05, 3.63) is 40.8 Å². The van der Waals surface area contributed by atoms with E-state index >= 15 is 0 Å². The van der Waals surface area contributed by atoms with Crippen LogP contribution in [0.1, 0.15) is 47.8 Å². The fourth-order valence-electron chi connectivity index (χ4n) is 3.95. The van der Waals surface area contributed by atoms with E-state index in [1.54, 1.807) is 20.1 Å². The summed E-state index contributed by atoms with van der Waals surface area (Å²) in [6.07, 6.45) is 5.20. The molecular formula is C23H26FN3O4S. The highest BCUT2D eigenvalue weighted by Gasteiger charge is 2.24. The van der Waals surface area contributed by atoms with Crippen molar-refractivity contribution >= 4 is 39.0 Å². The molecule has 1 aromatic carbocycles. The van der Waals surface area contributed by atoms with E-state index in [1.807, 2.05) is 6.92 Å². The number of carbonyl (C=O) groups is 1. The second-order valence-electron chi connectivity index (χ2n) is 7.70. The average Bonchev–Trinajstić information content (AvgIpc) is 3.14. The summed E-state index contributed by atoms with van der Waals surface area (Å²) >= 11 is 1.27. The van der Waals surface area contributed by atoms with Crippen molar-refractivity contribution in [1.82, 2.24) is 9.97 Å². The maximum Gasteiger partial charge on any atom is 0.348 e. The zero-order valence-corrected chi connectivity index (χ0v) is 19.1. The molecule has 9 heteroatoms. The normalized spacial score (nSPS) is 18.5. The number of nitrogens with zero attached hydrogens (tertiary/aromatic N) is 2. The lowest BCUT2D eigenvalue weighted by atomic mass is 9.95. The first kappa shape index (κ1) is 22.4. The third-order valence-electron chi connectivity index (χ3n) is 5.63. The van der Waals surface area contributed by atoms with Crippen molar-refractivity contribution in [2.24, 2.45) is 0 Å². The number of halogens is 1. The number of ether oxygens (including phenoxy) is 3. The van der Waals surface area contributed by atoms with E-state index < -0.39 is 0 Å². The number of methoxy groups -OCH3 is 1. The maximum absolute atomic E-state index is 14.0. The number of benzene rings is 1. The standard InChI is InChI=1S/C23H26FN3O4S/c1-4-30-23(28)20-13(2)19-21(25-12-26-22(19)32-20)27-17-10-5-14(24)11-18(17)31-16-8-6-15(29-3)7-9-16/h5,10-12,15-16H,4,6-9H2,1-3H3,(H,25,26,27). The highest BCUT2D eigenvalue weighted by Crippen LogP contribution is 2.37. The van der Waals surface area contributed by atoms with E-state index in [0.29, 0.717) is 33.6 Å². The van der Waals surface area contributed by atoms with Gasteiger partial charge >= 0.3 is 5.97 Å². The van der Waals surface area contributed by atoms with Crippen LogP contribution in [0.3, 0.4) is 0 Å². The van der Waals surface area contributed by atoms with Gasteiger partial charge < -0.3 is 19.5 Å². The molecule has 1 aliphatic carbocycles. The summed E-state index contributed by atoms with van der Waals surface area (Å²) in [7, 11) is 1.72. The van der Waals surface area contributed by atoms with Gasteiger partial charge in [-0.1, -0.05) is 0 Å². The number of hydrogen-bond acceptors (Lipinski definition) is 8. The summed E-state index contributed by atoms with van der Waals surface area (Å²) in [5.74, 6) is 0.201. The zero-order chi connectivity index (χ0) is 22.7. The van der Waals surface area contributed by atoms with Crippen LogP contribution in [0.4, 0.5) is 15.9 Å². The van der Waals surface area contributed by atoms with Crippen LogP contribution < -0.4 is 10.1 Å². The van der Waals surface area contributed by atoms with Crippen molar-refractivity contribution in [3.63, 3.8) is 0 Å². The maximum atomic E-state index is 14.0. The molecule has 1 aliphatic rings. The fraction of sp³-hybridized carbons (Fsp3) is 0.435. The number of aromatic nitrogens is 2. The molecule has 0 aliphatic heterocycles. The summed E-state index contributed by atoms with van der Waals surface area (Å²) in [6.45, 7) is 3.91. The number of thiophene rings is 1. The highest BCUT2D eigenvalue weighted by atomic mass is 32.1. The number of anilines is 2. The van der Waals surface area contributed by atoms with Gasteiger partial charge in [-0.25, -0.2) is 19.2 Å². The van der Waals surface area contributed by atoms with Gasteiger partial charge in [-0.3, -0.25) is 0 Å². The van der Waals surface area contributed by atoms with Gasteiger partial charge in [0.05, 0.1) is 29.9 Å². The Morgan fingerprint density at radius 2 is 1.97 bits per heavy atom. The summed E-state index contributed by atoms with van der Waals surface area (Å²) in [5, 5.41) is 4.00. The minimum Gasteiger partial charge on any atom is -0.488 e. The molecule has 0 bridgehead atoms. The van der Waals surface area contributed by atoms with E-state index in [0.717, 1.165) is 36.6 Å². The molecule has 0 saturated heterocycles. The molecule has 1 saturated carbocycles. The van der Waals surface area contributed by atoms with Crippen LogP contribution >= 0.6 is 11.3 Å². The van der Waals surface area contributed by atoms with Crippen molar-refractivity contribution in [2.45, 2.75) is 51.7 Å². The molecule has 170 valence electrons. The van der Waals surface area contributed by atoms with Crippen LogP contribution in [0.2, 0.25) is 0 Å². The first-order valence-electron chi connectivity index (χ1n) is 10.7. The molecule has 0 radical (unpaired) electrons. The molecule has 3 aromatic rings. The Morgan fingerprint density at radius 1 is 1.22 bits per heavy atom. The summed E-state index contributed by atoms with van der Waals surface area (Å²) in [6, 6.07) is 4.39. The highest BCUT2D eigenvalue weighted by molar-refractivity contribution is 7.20. The molecule has 4 rings (SSSR count). The van der Waals surface area contributed by atoms with Gasteiger partial charge in [0.2, 0.25) is 0 Å². The molecule has 1 N–H and O–H groups in total. The number of rotatable bonds is 7. The number of fused-ring (bicyclic) bond motifs is 1. The Balaban J connectivity index is 1.62. The molecule has 0 unspecified atom stereocenters. The van der Waals surface area contributed by atoms with Crippen LogP contribution in [0.15, 0.2) is 24.5 Å². The molecule has 0 amide bonds. The lowest BCUT2D eigenvalue weighted by Crippen LogP contribution is -2.27. The van der Waals surface area contributed by atoms with E-state index in [9.17, 15) is 9.18 Å². The summed E-state index contributed by atoms with van der Waals surface area (Å²) in [5.41, 5.74) is 1.34. The van der Waals surface area contributed by atoms with Gasteiger partial charge in [0.1, 0.15) is 33.4 Å². The van der Waals surface area contributed by atoms with E-state index in [2.05, 4.69) is 15.3 Å². The minimum absolute atomic E-state index is 0.00697. The average molecular weight is 460 g/mol. The lowest BCUT2D eigenvalue weighted by molar-refractivity contribution is 0.0329. The summed E-state index contributed by atoms with van der Waals surface area (Å²) in [4.78, 5) is 22.2. The number of hydrogen-bond donors (Lipinski definition) is 1. The second kappa shape index (κ2) is 9.79. The number of aryl methyl sites for hydroxylation is 1. The van der Waals surface area contributed by atoms with Crippen molar-refractivity contribution < 1.29 is 23.4 Å². The zero-order valence-electron chi connectivity index (χ0n) is 18.3. The quantitative estimate of drug-likeness (QED) is 0.474. The fourth-order valence-corrected chi connectivity index (χ4v) is 4.99. The largest absolute Gasteiger partial charge is 0.488 e. The number of esters is 1. The van der Waals surface area contributed by atoms with Crippen LogP contribution in [0, 0.1) is 12.7 Å². The summed E-state index contributed by atoms with van der Waals surface area (Å²) < 4.78 is 30.8. The predicted molar refractivity (Wildman–Crippen MR) is 121 cm³/mol. The molecule has 7 nitrogen and oxygen atoms in total. The second-order valence-corrected chi connectivity index (χ2v) is 8.70. The topological polar surface area (TPSA) is 82.6 Å². The Labute approximate surface area is 189 Å². The SMILES string of the molecule is CCOC(=O)c1sc2ncnc(Nc3ccc(F)cc3OC3CCC(OC)CC3)c2c1C. The van der Waals surface area contributed by atoms with Gasteiger partial charge in [-0.05, 0) is 57.2 Å². The minimum atomic E-state index is -0.378. The van der Waals surface area contributed by atoms with Crippen LogP contribution in [0.5, 0.6) is 5.75 Å². The van der Waals surface area contributed by atoms with Crippen molar-refractivity contribution in [3.8, 4) is 5.75 Å². The monoisotopic (exact) mass is 459 g/mol. The lowest BCUT2D eigenvalue weighted by Gasteiger charge is -2.28. The molecule has 32 heavy (non-hydrogen) atoms. The Morgan fingerprint density at radius 3 is 2.69 bits per heavy atom. The van der Waals surface area contributed by atoms with E-state index in [4.69, 9.17) is 14.2 Å². The molecule has 0 spiro atoms. The Kier molecular flexibility index (Phi) is 6.86. The van der Waals surface area contributed by atoms with Crippen molar-refractivity contribution in [1.29, 1.82) is 0 Å². The third kappa shape index (κ3) is 4.68. The molecule has 2 heterocycles. The third-order valence-corrected chi connectivity index (χ3v) is 6.81. The molecule has 1 fully saturated rings. The molecular weight excluding hydrogens is 433 g/mol. The van der Waals surface area contributed by atoms with Crippen LogP contribution in [-0.4, -0.2) is 41.9 Å². The van der Waals surface area contributed by atoms with Crippen molar-refractivity contribution in [2.75, 3.05) is 19.0 Å². The smallest absolute Gasteiger partial charge is 0.348 e. The number of nitrogens with one attached hydrogen (secondary N) is 1. The first-order valence-corrected chi connectivity index (χ1v) is 11.5. The van der Waals surface area contributed by atoms with Gasteiger partial charge in [-0.15, -0.1) is 11.3 Å². The predicted octanol–water partition coefficient (Wildman–Crippen LogP) is 5.40. The molecule has 0 atom stereocenters. The Bertz CT molecular complexity index is 1110. The van der Waals surface area contributed by atoms with Crippen LogP contribution in [0.25, 0.3) is 10.2 Å². The van der Waals surface area contributed by atoms with Gasteiger partial charge in [0.25, 0.3) is 0 Å². The van der Waals surface area contributed by atoms with Gasteiger partial charge in [0.15, 0.2) is 0 Å². The van der Waals surface area contributed by atoms with Gasteiger partial charge in [0, 0.05) is 13.2 Å². The van der Waals surface area contributed by atoms with Crippen LogP contribution in [-0.2, 0) is 9.47 Å².